The summed E-state index contributed by atoms with van der Waals surface area (Å²) in [5.41, 5.74) is 2.30. The van der Waals surface area contributed by atoms with Gasteiger partial charge in [0.25, 0.3) is 5.91 Å². The molecule has 2 aromatic rings. The van der Waals surface area contributed by atoms with E-state index in [9.17, 15) is 9.59 Å². The predicted octanol–water partition coefficient (Wildman–Crippen LogP) is 4.15. The van der Waals surface area contributed by atoms with Crippen LogP contribution in [0.2, 0.25) is 5.02 Å². The van der Waals surface area contributed by atoms with Crippen molar-refractivity contribution < 1.29 is 9.59 Å². The van der Waals surface area contributed by atoms with E-state index in [1.165, 1.54) is 0 Å². The smallest absolute Gasteiger partial charge is 0.253 e. The quantitative estimate of drug-likeness (QED) is 0.875. The molecular formula is C20H21ClN2O2. The summed E-state index contributed by atoms with van der Waals surface area (Å²) in [7, 11) is 0. The van der Waals surface area contributed by atoms with Gasteiger partial charge in [-0.15, -0.1) is 0 Å². The standard InChI is InChI=1S/C20H21ClN2O2/c21-17-7-3-5-15(13-17)9-10-19(24)22-18-8-4-6-16(14-18)20(25)23-11-1-2-12-23/h3-8,13-14H,1-2,9-12H2,(H,22,24). The minimum Gasteiger partial charge on any atom is -0.339 e. The molecule has 2 amide bonds. The van der Waals surface area contributed by atoms with Crippen LogP contribution in [-0.2, 0) is 11.2 Å². The Labute approximate surface area is 152 Å². The molecule has 3 rings (SSSR count). The van der Waals surface area contributed by atoms with Gasteiger partial charge in [0.15, 0.2) is 0 Å². The highest BCUT2D eigenvalue weighted by Crippen LogP contribution is 2.17. The van der Waals surface area contributed by atoms with Gasteiger partial charge in [-0.25, -0.2) is 0 Å². The highest BCUT2D eigenvalue weighted by atomic mass is 35.5. The summed E-state index contributed by atoms with van der Waals surface area (Å²) >= 11 is 5.95. The van der Waals surface area contributed by atoms with Crippen molar-refractivity contribution in [1.29, 1.82) is 0 Å². The number of benzene rings is 2. The third-order valence-corrected chi connectivity index (χ3v) is 4.55. The lowest BCUT2D eigenvalue weighted by atomic mass is 10.1. The maximum Gasteiger partial charge on any atom is 0.253 e. The SMILES string of the molecule is O=C(CCc1cccc(Cl)c1)Nc1cccc(C(=O)N2CCCC2)c1. The number of likely N-dealkylation sites (tertiary alicyclic amines) is 1. The molecule has 0 radical (unpaired) electrons. The summed E-state index contributed by atoms with van der Waals surface area (Å²) in [6.07, 6.45) is 3.11. The first-order valence-electron chi connectivity index (χ1n) is 8.55. The van der Waals surface area contributed by atoms with Gasteiger partial charge in [0, 0.05) is 35.8 Å². The van der Waals surface area contributed by atoms with Crippen molar-refractivity contribution in [3.63, 3.8) is 0 Å². The maximum atomic E-state index is 12.4. The molecule has 2 aromatic carbocycles. The van der Waals surface area contributed by atoms with Crippen LogP contribution in [0.25, 0.3) is 0 Å². The molecule has 0 aromatic heterocycles. The van der Waals surface area contributed by atoms with E-state index in [4.69, 9.17) is 11.6 Å². The topological polar surface area (TPSA) is 49.4 Å². The Balaban J connectivity index is 1.57. The van der Waals surface area contributed by atoms with Gasteiger partial charge in [-0.3, -0.25) is 9.59 Å². The predicted molar refractivity (Wildman–Crippen MR) is 100.0 cm³/mol. The van der Waals surface area contributed by atoms with Crippen LogP contribution in [0.3, 0.4) is 0 Å². The Morgan fingerprint density at radius 2 is 1.80 bits per heavy atom. The van der Waals surface area contributed by atoms with Crippen LogP contribution in [-0.4, -0.2) is 29.8 Å². The zero-order chi connectivity index (χ0) is 17.6. The van der Waals surface area contributed by atoms with E-state index in [2.05, 4.69) is 5.32 Å². The number of nitrogens with one attached hydrogen (secondary N) is 1. The Morgan fingerprint density at radius 3 is 2.56 bits per heavy atom. The van der Waals surface area contributed by atoms with Crippen molar-refractivity contribution in [3.8, 4) is 0 Å². The number of halogens is 1. The first kappa shape index (κ1) is 17.5. The van der Waals surface area contributed by atoms with Crippen molar-refractivity contribution in [3.05, 3.63) is 64.7 Å². The van der Waals surface area contributed by atoms with Crippen molar-refractivity contribution in [2.45, 2.75) is 25.7 Å². The van der Waals surface area contributed by atoms with Crippen LogP contribution in [0.5, 0.6) is 0 Å². The van der Waals surface area contributed by atoms with Crippen LogP contribution < -0.4 is 5.32 Å². The molecule has 0 bridgehead atoms. The Bertz CT molecular complexity index is 770. The zero-order valence-electron chi connectivity index (χ0n) is 14.0. The van der Waals surface area contributed by atoms with E-state index in [-0.39, 0.29) is 11.8 Å². The lowest BCUT2D eigenvalue weighted by molar-refractivity contribution is -0.116. The number of anilines is 1. The highest BCUT2D eigenvalue weighted by Gasteiger charge is 2.19. The van der Waals surface area contributed by atoms with Gasteiger partial charge in [-0.05, 0) is 55.2 Å². The van der Waals surface area contributed by atoms with Crippen LogP contribution in [0.15, 0.2) is 48.5 Å². The largest absolute Gasteiger partial charge is 0.339 e. The van der Waals surface area contributed by atoms with Gasteiger partial charge in [-0.2, -0.15) is 0 Å². The third kappa shape index (κ3) is 4.83. The van der Waals surface area contributed by atoms with Crippen molar-refractivity contribution >= 4 is 29.1 Å². The minimum absolute atomic E-state index is 0.0347. The summed E-state index contributed by atoms with van der Waals surface area (Å²) in [4.78, 5) is 26.5. The summed E-state index contributed by atoms with van der Waals surface area (Å²) < 4.78 is 0. The van der Waals surface area contributed by atoms with Gasteiger partial charge >= 0.3 is 0 Å². The van der Waals surface area contributed by atoms with Gasteiger partial charge in [0.2, 0.25) is 5.91 Å². The number of hydrogen-bond acceptors (Lipinski definition) is 2. The van der Waals surface area contributed by atoms with Crippen LogP contribution in [0.4, 0.5) is 5.69 Å². The van der Waals surface area contributed by atoms with Crippen LogP contribution >= 0.6 is 11.6 Å². The monoisotopic (exact) mass is 356 g/mol. The molecule has 0 unspecified atom stereocenters. The van der Waals surface area contributed by atoms with Gasteiger partial charge in [0.1, 0.15) is 0 Å². The molecule has 25 heavy (non-hydrogen) atoms. The highest BCUT2D eigenvalue weighted by molar-refractivity contribution is 6.30. The van der Waals surface area contributed by atoms with Gasteiger partial charge in [-0.1, -0.05) is 29.8 Å². The number of nitrogens with zero attached hydrogens (tertiary/aromatic N) is 1. The number of carbonyl (C=O) groups excluding carboxylic acids is 2. The Morgan fingerprint density at radius 1 is 1.04 bits per heavy atom. The molecule has 0 aliphatic carbocycles. The summed E-state index contributed by atoms with van der Waals surface area (Å²) in [6, 6.07) is 14.7. The fourth-order valence-electron chi connectivity index (χ4n) is 3.01. The lowest BCUT2D eigenvalue weighted by Crippen LogP contribution is -2.27. The second-order valence-electron chi connectivity index (χ2n) is 6.26. The molecule has 1 N–H and O–H groups in total. The fourth-order valence-corrected chi connectivity index (χ4v) is 3.22. The number of amides is 2. The average molecular weight is 357 g/mol. The van der Waals surface area contributed by atoms with Crippen LogP contribution in [0, 0.1) is 0 Å². The first-order chi connectivity index (χ1) is 12.1. The number of carbonyl (C=O) groups is 2. The van der Waals surface area contributed by atoms with E-state index in [0.29, 0.717) is 29.1 Å². The first-order valence-corrected chi connectivity index (χ1v) is 8.93. The number of aryl methyl sites for hydroxylation is 1. The van der Waals surface area contributed by atoms with Crippen LogP contribution in [0.1, 0.15) is 35.2 Å². The van der Waals surface area contributed by atoms with Crippen molar-refractivity contribution in [2.24, 2.45) is 0 Å². The van der Waals surface area contributed by atoms with E-state index >= 15 is 0 Å². The van der Waals surface area contributed by atoms with Gasteiger partial charge < -0.3 is 10.2 Å². The van der Waals surface area contributed by atoms with Crippen molar-refractivity contribution in [2.75, 3.05) is 18.4 Å². The summed E-state index contributed by atoms with van der Waals surface area (Å²) in [6.45, 7) is 1.63. The molecular weight excluding hydrogens is 336 g/mol. The number of rotatable bonds is 5. The second-order valence-corrected chi connectivity index (χ2v) is 6.69. The average Bonchev–Trinajstić information content (AvgIpc) is 3.14. The Hall–Kier alpha value is -2.33. The fraction of sp³-hybridized carbons (Fsp3) is 0.300. The summed E-state index contributed by atoms with van der Waals surface area (Å²) in [5.74, 6) is -0.0433. The molecule has 0 atom stereocenters. The van der Waals surface area contributed by atoms with E-state index in [0.717, 1.165) is 31.5 Å². The lowest BCUT2D eigenvalue weighted by Gasteiger charge is -2.15. The van der Waals surface area contributed by atoms with E-state index in [1.54, 1.807) is 24.3 Å². The van der Waals surface area contributed by atoms with Crippen molar-refractivity contribution in [1.82, 2.24) is 4.90 Å². The molecule has 1 aliphatic heterocycles. The van der Waals surface area contributed by atoms with E-state index in [1.807, 2.05) is 29.2 Å². The van der Waals surface area contributed by atoms with E-state index < -0.39 is 0 Å². The number of hydrogen-bond donors (Lipinski definition) is 1. The molecule has 130 valence electrons. The molecule has 5 heteroatoms. The minimum atomic E-state index is -0.0780. The molecule has 0 saturated carbocycles. The Kier molecular flexibility index (Phi) is 5.71. The molecule has 1 aliphatic rings. The third-order valence-electron chi connectivity index (χ3n) is 4.32. The molecule has 0 spiro atoms. The molecule has 4 nitrogen and oxygen atoms in total. The summed E-state index contributed by atoms with van der Waals surface area (Å²) in [5, 5.41) is 3.54. The normalized spacial score (nSPS) is 13.7. The maximum absolute atomic E-state index is 12.4. The molecule has 1 saturated heterocycles. The second kappa shape index (κ2) is 8.17. The van der Waals surface area contributed by atoms with Gasteiger partial charge in [0.05, 0.1) is 0 Å². The molecule has 1 heterocycles. The zero-order valence-corrected chi connectivity index (χ0v) is 14.8. The molecule has 1 fully saturated rings.